The minimum Gasteiger partial charge on any atom is -0.331 e. The zero-order valence-corrected chi connectivity index (χ0v) is 11.2. The summed E-state index contributed by atoms with van der Waals surface area (Å²) in [4.78, 5) is 15.7. The van der Waals surface area contributed by atoms with Crippen LogP contribution in [-0.2, 0) is 19.4 Å². The molecule has 0 saturated heterocycles. The number of nitrogens with zero attached hydrogens (tertiary/aromatic N) is 2. The molecule has 0 spiro atoms. The summed E-state index contributed by atoms with van der Waals surface area (Å²) in [5.41, 5.74) is 4.20. The predicted molar refractivity (Wildman–Crippen MR) is 74.5 cm³/mol. The van der Waals surface area contributed by atoms with Gasteiger partial charge in [0.25, 0.3) is 0 Å². The molecule has 1 aromatic carbocycles. The first kappa shape index (κ1) is 12.2. The van der Waals surface area contributed by atoms with Gasteiger partial charge >= 0.3 is 0 Å². The normalized spacial score (nSPS) is 14.2. The molecule has 0 aliphatic carbocycles. The highest BCUT2D eigenvalue weighted by atomic mass is 16.1. The largest absolute Gasteiger partial charge is 0.331 e. The number of benzene rings is 1. The topological polar surface area (TPSA) is 34.9 Å². The van der Waals surface area contributed by atoms with E-state index in [-0.39, 0.29) is 0 Å². The Labute approximate surface area is 113 Å². The van der Waals surface area contributed by atoms with Crippen LogP contribution >= 0.6 is 0 Å². The molecule has 19 heavy (non-hydrogen) atoms. The third-order valence-electron chi connectivity index (χ3n) is 3.78. The van der Waals surface area contributed by atoms with Crippen molar-refractivity contribution in [3.63, 3.8) is 0 Å². The minimum atomic E-state index is 0.624. The van der Waals surface area contributed by atoms with Crippen LogP contribution in [0.1, 0.15) is 46.0 Å². The van der Waals surface area contributed by atoms with E-state index in [9.17, 15) is 4.79 Å². The van der Waals surface area contributed by atoms with Gasteiger partial charge in [-0.15, -0.1) is 0 Å². The van der Waals surface area contributed by atoms with Crippen LogP contribution in [-0.4, -0.2) is 15.8 Å². The number of carbonyl (C=O) groups excluding carboxylic acids is 1. The number of aryl methyl sites for hydroxylation is 2. The van der Waals surface area contributed by atoms with Gasteiger partial charge in [-0.25, -0.2) is 4.98 Å². The molecule has 0 fully saturated rings. The van der Waals surface area contributed by atoms with Gasteiger partial charge in [-0.05, 0) is 25.3 Å². The average Bonchev–Trinajstić information content (AvgIpc) is 2.77. The minimum absolute atomic E-state index is 0.624. The molecule has 98 valence electrons. The van der Waals surface area contributed by atoms with E-state index in [1.807, 2.05) is 0 Å². The summed E-state index contributed by atoms with van der Waals surface area (Å²) in [6, 6.07) is 8.45. The predicted octanol–water partition coefficient (Wildman–Crippen LogP) is 2.93. The van der Waals surface area contributed by atoms with Gasteiger partial charge in [0.2, 0.25) is 0 Å². The fourth-order valence-electron chi connectivity index (χ4n) is 2.86. The molecule has 0 amide bonds. The number of fused-ring (bicyclic) bond motifs is 1. The molecule has 1 aliphatic heterocycles. The summed E-state index contributed by atoms with van der Waals surface area (Å²) in [6.45, 7) is 3.09. The van der Waals surface area contributed by atoms with E-state index in [0.29, 0.717) is 5.69 Å². The molecule has 3 rings (SSSR count). The van der Waals surface area contributed by atoms with Crippen molar-refractivity contribution in [2.45, 2.75) is 39.2 Å². The molecule has 1 aromatic heterocycles. The molecule has 0 saturated carbocycles. The van der Waals surface area contributed by atoms with E-state index < -0.39 is 0 Å². The van der Waals surface area contributed by atoms with E-state index in [1.54, 1.807) is 0 Å². The quantitative estimate of drug-likeness (QED) is 0.789. The van der Waals surface area contributed by atoms with Gasteiger partial charge in [0, 0.05) is 19.4 Å². The number of hydrogen-bond acceptors (Lipinski definition) is 2. The molecule has 0 radical (unpaired) electrons. The highest BCUT2D eigenvalue weighted by Crippen LogP contribution is 2.21. The van der Waals surface area contributed by atoms with Crippen molar-refractivity contribution in [3.05, 3.63) is 52.6 Å². The fraction of sp³-hybridized carbons (Fsp3) is 0.375. The van der Waals surface area contributed by atoms with Crippen LogP contribution in [0.3, 0.4) is 0 Å². The van der Waals surface area contributed by atoms with Crippen LogP contribution in [0, 0.1) is 6.92 Å². The molecule has 0 N–H and O–H groups in total. The van der Waals surface area contributed by atoms with Crippen molar-refractivity contribution < 1.29 is 4.79 Å². The van der Waals surface area contributed by atoms with Crippen LogP contribution in [0.25, 0.3) is 0 Å². The summed E-state index contributed by atoms with van der Waals surface area (Å²) in [5, 5.41) is 0. The Morgan fingerprint density at radius 1 is 1.37 bits per heavy atom. The van der Waals surface area contributed by atoms with Gasteiger partial charge in [0.05, 0.1) is 5.69 Å². The van der Waals surface area contributed by atoms with Crippen LogP contribution in [0.15, 0.2) is 24.3 Å². The maximum absolute atomic E-state index is 11.2. The number of carbonyl (C=O) groups is 1. The Kier molecular flexibility index (Phi) is 3.20. The Morgan fingerprint density at radius 2 is 2.26 bits per heavy atom. The second-order valence-electron chi connectivity index (χ2n) is 5.25. The lowest BCUT2D eigenvalue weighted by Crippen LogP contribution is -2.13. The van der Waals surface area contributed by atoms with Crippen LogP contribution in [0.2, 0.25) is 0 Å². The smallest absolute Gasteiger partial charge is 0.170 e. The maximum atomic E-state index is 11.2. The van der Waals surface area contributed by atoms with Crippen molar-refractivity contribution in [1.29, 1.82) is 0 Å². The first-order valence-corrected chi connectivity index (χ1v) is 6.87. The molecule has 0 unspecified atom stereocenters. The Balaban J connectivity index is 1.99. The number of imidazole rings is 1. The summed E-state index contributed by atoms with van der Waals surface area (Å²) in [5.74, 6) is 1.08. The second-order valence-corrected chi connectivity index (χ2v) is 5.25. The Hall–Kier alpha value is -1.90. The third kappa shape index (κ3) is 2.33. The van der Waals surface area contributed by atoms with Gasteiger partial charge in [0.15, 0.2) is 6.29 Å². The lowest BCUT2D eigenvalue weighted by Gasteiger charge is -2.16. The van der Waals surface area contributed by atoms with Gasteiger partial charge in [-0.2, -0.15) is 0 Å². The van der Waals surface area contributed by atoms with Crippen molar-refractivity contribution in [2.75, 3.05) is 0 Å². The summed E-state index contributed by atoms with van der Waals surface area (Å²) in [7, 11) is 0. The number of hydrogen-bond donors (Lipinski definition) is 0. The first-order chi connectivity index (χ1) is 9.28. The van der Waals surface area contributed by atoms with Crippen LogP contribution < -0.4 is 0 Å². The maximum Gasteiger partial charge on any atom is 0.170 e. The highest BCUT2D eigenvalue weighted by Gasteiger charge is 2.19. The van der Waals surface area contributed by atoms with Crippen molar-refractivity contribution >= 4 is 6.29 Å². The molecule has 0 atom stereocenters. The molecule has 3 nitrogen and oxygen atoms in total. The summed E-state index contributed by atoms with van der Waals surface area (Å²) < 4.78 is 2.25. The Bertz CT molecular complexity index is 613. The third-order valence-corrected chi connectivity index (χ3v) is 3.78. The second kappa shape index (κ2) is 5.00. The summed E-state index contributed by atoms with van der Waals surface area (Å²) in [6.07, 6.45) is 5.05. The molecule has 0 bridgehead atoms. The molecular formula is C16H18N2O. The number of rotatable bonds is 3. The molecule has 1 aliphatic rings. The van der Waals surface area contributed by atoms with Crippen molar-refractivity contribution in [2.24, 2.45) is 0 Å². The van der Waals surface area contributed by atoms with E-state index in [0.717, 1.165) is 37.2 Å². The van der Waals surface area contributed by atoms with E-state index >= 15 is 0 Å². The number of aromatic nitrogens is 2. The van der Waals surface area contributed by atoms with Gasteiger partial charge < -0.3 is 4.57 Å². The standard InChI is InChI=1S/C16H18N2O/c1-12-5-4-6-13(9-12)10-15-14(11-19)17-16-7-2-3-8-18(15)16/h4-6,9,11H,2-3,7-8,10H2,1H3. The molecule has 2 heterocycles. The lowest BCUT2D eigenvalue weighted by molar-refractivity contribution is 0.111. The van der Waals surface area contributed by atoms with E-state index in [1.165, 1.54) is 24.0 Å². The van der Waals surface area contributed by atoms with E-state index in [2.05, 4.69) is 40.7 Å². The van der Waals surface area contributed by atoms with E-state index in [4.69, 9.17) is 0 Å². The zero-order valence-electron chi connectivity index (χ0n) is 11.2. The van der Waals surface area contributed by atoms with Gasteiger partial charge in [-0.1, -0.05) is 29.8 Å². The lowest BCUT2D eigenvalue weighted by atomic mass is 10.1. The van der Waals surface area contributed by atoms with Gasteiger partial charge in [0.1, 0.15) is 11.5 Å². The highest BCUT2D eigenvalue weighted by molar-refractivity contribution is 5.74. The van der Waals surface area contributed by atoms with Crippen molar-refractivity contribution in [3.8, 4) is 0 Å². The SMILES string of the molecule is Cc1cccc(Cc2c(C=O)nc3n2CCCC3)c1. The fourth-order valence-corrected chi connectivity index (χ4v) is 2.86. The average molecular weight is 254 g/mol. The Morgan fingerprint density at radius 3 is 3.05 bits per heavy atom. The van der Waals surface area contributed by atoms with Gasteiger partial charge in [-0.3, -0.25) is 4.79 Å². The zero-order chi connectivity index (χ0) is 13.2. The monoisotopic (exact) mass is 254 g/mol. The molecule has 3 heteroatoms. The first-order valence-electron chi connectivity index (χ1n) is 6.87. The van der Waals surface area contributed by atoms with Crippen LogP contribution in [0.4, 0.5) is 0 Å². The molecular weight excluding hydrogens is 236 g/mol. The number of aldehydes is 1. The molecule has 2 aromatic rings. The van der Waals surface area contributed by atoms with Crippen molar-refractivity contribution in [1.82, 2.24) is 9.55 Å². The van der Waals surface area contributed by atoms with Crippen LogP contribution in [0.5, 0.6) is 0 Å². The summed E-state index contributed by atoms with van der Waals surface area (Å²) >= 11 is 0.